The zero-order valence-corrected chi connectivity index (χ0v) is 20.6. The van der Waals surface area contributed by atoms with Crippen LogP contribution in [0.3, 0.4) is 0 Å². The molecule has 178 valence electrons. The average molecular weight is 541 g/mol. The van der Waals surface area contributed by atoms with Gasteiger partial charge in [0.1, 0.15) is 18.9 Å². The number of nitrogens with one attached hydrogen (secondary N) is 1. The van der Waals surface area contributed by atoms with Crippen LogP contribution in [0.5, 0.6) is 0 Å². The average Bonchev–Trinajstić information content (AvgIpc) is 2.83. The van der Waals surface area contributed by atoms with Gasteiger partial charge in [0.2, 0.25) is 0 Å². The molecule has 3 rings (SSSR count). The smallest absolute Gasteiger partial charge is 0.414 e. The first-order valence-electron chi connectivity index (χ1n) is 9.65. The highest BCUT2D eigenvalue weighted by Crippen LogP contribution is 2.34. The minimum absolute atomic E-state index is 0.0191. The van der Waals surface area contributed by atoms with Crippen LogP contribution in [-0.2, 0) is 9.47 Å². The molecule has 0 atom stereocenters. The van der Waals surface area contributed by atoms with Crippen molar-refractivity contribution in [1.82, 2.24) is 20.2 Å². The van der Waals surface area contributed by atoms with Crippen molar-refractivity contribution in [2.75, 3.05) is 35.8 Å². The molecule has 0 aliphatic heterocycles. The molecule has 0 radical (unpaired) electrons. The Kier molecular flexibility index (Phi) is 10.0. The van der Waals surface area contributed by atoms with Crippen LogP contribution in [0.25, 0.3) is 11.3 Å². The summed E-state index contributed by atoms with van der Waals surface area (Å²) in [5, 5.41) is 10.8. The van der Waals surface area contributed by atoms with Crippen molar-refractivity contribution in [2.45, 2.75) is 0 Å². The SMILES string of the molecule is Nc1nc(NC(=O)OCCSSCCOC(=O)c2cccnc2)nnc1-c1cccc(Cl)c1Cl. The number of rotatable bonds is 10. The molecule has 1 aromatic carbocycles. The van der Waals surface area contributed by atoms with Gasteiger partial charge in [0, 0.05) is 29.5 Å². The molecule has 2 heterocycles. The van der Waals surface area contributed by atoms with Gasteiger partial charge in [-0.3, -0.25) is 10.3 Å². The predicted octanol–water partition coefficient (Wildman–Crippen LogP) is 4.61. The summed E-state index contributed by atoms with van der Waals surface area (Å²) in [6.45, 7) is 0.410. The minimum Gasteiger partial charge on any atom is -0.461 e. The number of ether oxygens (including phenoxy) is 2. The van der Waals surface area contributed by atoms with E-state index in [2.05, 4.69) is 25.5 Å². The van der Waals surface area contributed by atoms with Gasteiger partial charge in [0.25, 0.3) is 5.95 Å². The van der Waals surface area contributed by atoms with Crippen molar-refractivity contribution in [3.05, 3.63) is 58.3 Å². The number of nitrogen functional groups attached to an aromatic ring is 1. The van der Waals surface area contributed by atoms with E-state index in [1.807, 2.05) is 0 Å². The van der Waals surface area contributed by atoms with E-state index in [0.717, 1.165) is 0 Å². The van der Waals surface area contributed by atoms with Crippen LogP contribution < -0.4 is 11.1 Å². The molecule has 0 aliphatic rings. The van der Waals surface area contributed by atoms with Crippen molar-refractivity contribution in [2.24, 2.45) is 0 Å². The van der Waals surface area contributed by atoms with Gasteiger partial charge < -0.3 is 15.2 Å². The number of carbonyl (C=O) groups excluding carboxylic acids is 2. The normalized spacial score (nSPS) is 10.5. The van der Waals surface area contributed by atoms with Crippen molar-refractivity contribution in [1.29, 1.82) is 0 Å². The van der Waals surface area contributed by atoms with Crippen molar-refractivity contribution in [3.8, 4) is 11.3 Å². The second-order valence-electron chi connectivity index (χ2n) is 6.25. The molecular weight excluding hydrogens is 523 g/mol. The summed E-state index contributed by atoms with van der Waals surface area (Å²) in [5.74, 6) is 0.611. The number of esters is 1. The molecule has 0 unspecified atom stereocenters. The molecule has 14 heteroatoms. The van der Waals surface area contributed by atoms with Gasteiger partial charge in [0.05, 0.1) is 15.6 Å². The fourth-order valence-electron chi connectivity index (χ4n) is 2.42. The number of pyridine rings is 1. The number of anilines is 2. The van der Waals surface area contributed by atoms with Crippen LogP contribution in [-0.4, -0.2) is 56.9 Å². The Balaban J connectivity index is 1.33. The molecule has 10 nitrogen and oxygen atoms in total. The Hall–Kier alpha value is -2.80. The van der Waals surface area contributed by atoms with Gasteiger partial charge in [-0.2, -0.15) is 4.98 Å². The summed E-state index contributed by atoms with van der Waals surface area (Å²) in [5.41, 5.74) is 7.05. The number of amides is 1. The van der Waals surface area contributed by atoms with E-state index in [0.29, 0.717) is 27.7 Å². The molecular formula is C20H18Cl2N6O4S2. The summed E-state index contributed by atoms with van der Waals surface area (Å²) in [4.78, 5) is 31.6. The van der Waals surface area contributed by atoms with E-state index < -0.39 is 12.1 Å². The fraction of sp³-hybridized carbons (Fsp3) is 0.200. The standard InChI is InChI=1S/C20H18Cl2N6O4S2/c21-14-5-1-4-13(15(14)22)16-17(23)25-19(28-27-16)26-20(30)32-8-10-34-33-9-7-31-18(29)12-3-2-6-24-11-12/h1-6,11H,7-10H2,(H3,23,25,26,28,30). The lowest BCUT2D eigenvalue weighted by molar-refractivity contribution is 0.0530. The third kappa shape index (κ3) is 7.62. The lowest BCUT2D eigenvalue weighted by atomic mass is 10.1. The molecule has 3 N–H and O–H groups in total. The quantitative estimate of drug-likeness (QED) is 0.211. The number of halogens is 2. The maximum Gasteiger partial charge on any atom is 0.414 e. The number of benzene rings is 1. The van der Waals surface area contributed by atoms with Crippen LogP contribution in [0.4, 0.5) is 16.6 Å². The highest BCUT2D eigenvalue weighted by Gasteiger charge is 2.15. The monoisotopic (exact) mass is 540 g/mol. The first-order valence-corrected chi connectivity index (χ1v) is 12.9. The summed E-state index contributed by atoms with van der Waals surface area (Å²) in [6, 6.07) is 8.31. The summed E-state index contributed by atoms with van der Waals surface area (Å²) < 4.78 is 10.2. The van der Waals surface area contributed by atoms with Gasteiger partial charge in [-0.25, -0.2) is 9.59 Å². The van der Waals surface area contributed by atoms with Crippen LogP contribution in [0.2, 0.25) is 10.0 Å². The summed E-state index contributed by atoms with van der Waals surface area (Å²) in [7, 11) is 2.96. The largest absolute Gasteiger partial charge is 0.461 e. The first-order chi connectivity index (χ1) is 16.5. The van der Waals surface area contributed by atoms with Gasteiger partial charge in [-0.05, 0) is 18.2 Å². The van der Waals surface area contributed by atoms with Gasteiger partial charge in [-0.1, -0.05) is 56.9 Å². The molecule has 0 aliphatic carbocycles. The Morgan fingerprint density at radius 2 is 1.79 bits per heavy atom. The van der Waals surface area contributed by atoms with Crippen molar-refractivity contribution < 1.29 is 19.1 Å². The molecule has 1 amide bonds. The third-order valence-corrected chi connectivity index (χ3v) is 7.07. The zero-order chi connectivity index (χ0) is 24.3. The maximum absolute atomic E-state index is 11.9. The topological polar surface area (TPSA) is 142 Å². The molecule has 2 aromatic heterocycles. The third-order valence-electron chi connectivity index (χ3n) is 3.91. The van der Waals surface area contributed by atoms with Crippen LogP contribution in [0, 0.1) is 0 Å². The Labute approximate surface area is 212 Å². The van der Waals surface area contributed by atoms with E-state index in [1.165, 1.54) is 27.8 Å². The zero-order valence-electron chi connectivity index (χ0n) is 17.4. The van der Waals surface area contributed by atoms with Crippen LogP contribution in [0.15, 0.2) is 42.7 Å². The second kappa shape index (κ2) is 13.2. The molecule has 0 saturated carbocycles. The summed E-state index contributed by atoms with van der Waals surface area (Å²) >= 11 is 12.2. The lowest BCUT2D eigenvalue weighted by Gasteiger charge is -2.09. The highest BCUT2D eigenvalue weighted by molar-refractivity contribution is 8.76. The first kappa shape index (κ1) is 25.8. The van der Waals surface area contributed by atoms with Gasteiger partial charge in [-0.15, -0.1) is 10.2 Å². The van der Waals surface area contributed by atoms with E-state index in [4.69, 9.17) is 38.4 Å². The van der Waals surface area contributed by atoms with E-state index in [-0.39, 0.29) is 35.7 Å². The van der Waals surface area contributed by atoms with Crippen LogP contribution >= 0.6 is 44.8 Å². The second-order valence-corrected chi connectivity index (χ2v) is 9.74. The number of hydrogen-bond acceptors (Lipinski definition) is 11. The number of hydrogen-bond donors (Lipinski definition) is 2. The molecule has 0 spiro atoms. The maximum atomic E-state index is 11.9. The van der Waals surface area contributed by atoms with Crippen molar-refractivity contribution in [3.63, 3.8) is 0 Å². The minimum atomic E-state index is -0.745. The molecule has 0 bridgehead atoms. The lowest BCUT2D eigenvalue weighted by Crippen LogP contribution is -2.18. The predicted molar refractivity (Wildman–Crippen MR) is 134 cm³/mol. The molecule has 0 fully saturated rings. The van der Waals surface area contributed by atoms with Gasteiger partial charge >= 0.3 is 12.1 Å². The van der Waals surface area contributed by atoms with Crippen LogP contribution in [0.1, 0.15) is 10.4 Å². The Morgan fingerprint density at radius 1 is 1.03 bits per heavy atom. The van der Waals surface area contributed by atoms with Crippen molar-refractivity contribution >= 4 is 68.6 Å². The fourth-order valence-corrected chi connectivity index (χ4v) is 4.46. The number of carbonyl (C=O) groups is 2. The Bertz CT molecular complexity index is 1140. The number of aromatic nitrogens is 4. The molecule has 34 heavy (non-hydrogen) atoms. The molecule has 0 saturated heterocycles. The van der Waals surface area contributed by atoms with E-state index in [1.54, 1.807) is 36.5 Å². The summed E-state index contributed by atoms with van der Waals surface area (Å²) in [6.07, 6.45) is 2.29. The van der Waals surface area contributed by atoms with Gasteiger partial charge in [0.15, 0.2) is 5.82 Å². The Morgan fingerprint density at radius 3 is 2.50 bits per heavy atom. The number of nitrogens with zero attached hydrogens (tertiary/aromatic N) is 4. The highest BCUT2D eigenvalue weighted by atomic mass is 35.5. The van der Waals surface area contributed by atoms with E-state index in [9.17, 15) is 9.59 Å². The number of nitrogens with two attached hydrogens (primary N) is 1. The van der Waals surface area contributed by atoms with E-state index >= 15 is 0 Å². The molecule has 3 aromatic rings.